The number of hydrogen-bond donors (Lipinski definition) is 3. The quantitative estimate of drug-likeness (QED) is 0.367. The minimum absolute atomic E-state index is 0.239. The van der Waals surface area contributed by atoms with Gasteiger partial charge in [-0.1, -0.05) is 18.2 Å². The number of carbonyl (C=O) groups is 1. The molecule has 0 radical (unpaired) electrons. The van der Waals surface area contributed by atoms with Crippen molar-refractivity contribution >= 4 is 35.0 Å². The molecule has 2 heterocycles. The Morgan fingerprint density at radius 3 is 2.53 bits per heavy atom. The number of nitrogens with zero attached hydrogens (tertiary/aromatic N) is 4. The monoisotopic (exact) mass is 547 g/mol. The highest BCUT2D eigenvalue weighted by Crippen LogP contribution is 2.25. The van der Waals surface area contributed by atoms with Crippen LogP contribution in [-0.4, -0.2) is 51.9 Å². The van der Waals surface area contributed by atoms with Gasteiger partial charge in [0.25, 0.3) is 0 Å². The Balaban J connectivity index is 1.17. The van der Waals surface area contributed by atoms with Crippen LogP contribution in [0.1, 0.15) is 24.8 Å². The zero-order valence-electron chi connectivity index (χ0n) is 20.7. The van der Waals surface area contributed by atoms with E-state index in [0.29, 0.717) is 24.1 Å². The van der Waals surface area contributed by atoms with Crippen molar-refractivity contribution < 1.29 is 22.7 Å². The lowest BCUT2D eigenvalue weighted by molar-refractivity contribution is -0.274. The Labute approximate surface area is 223 Å². The van der Waals surface area contributed by atoms with Crippen LogP contribution in [0.4, 0.5) is 29.6 Å². The fraction of sp³-hybridized carbons (Fsp3) is 0.360. The van der Waals surface area contributed by atoms with Crippen LogP contribution in [0.3, 0.4) is 0 Å². The second kappa shape index (κ2) is 12.1. The number of thiocarbonyl (C=S) groups is 1. The van der Waals surface area contributed by atoms with Gasteiger partial charge in [-0.05, 0) is 80.2 Å². The summed E-state index contributed by atoms with van der Waals surface area (Å²) in [4.78, 5) is 18.6. The topological polar surface area (TPSA) is 96.3 Å². The van der Waals surface area contributed by atoms with Crippen molar-refractivity contribution in [2.75, 3.05) is 29.9 Å². The molecule has 1 aromatic heterocycles. The summed E-state index contributed by atoms with van der Waals surface area (Å²) < 4.78 is 42.4. The molecule has 2 aromatic carbocycles. The fourth-order valence-electron chi connectivity index (χ4n) is 4.15. The van der Waals surface area contributed by atoms with E-state index in [0.717, 1.165) is 43.6 Å². The lowest BCUT2D eigenvalue weighted by Crippen LogP contribution is -2.42. The van der Waals surface area contributed by atoms with Crippen molar-refractivity contribution in [1.82, 2.24) is 25.4 Å². The van der Waals surface area contributed by atoms with Gasteiger partial charge in [0.1, 0.15) is 12.1 Å². The van der Waals surface area contributed by atoms with Crippen LogP contribution < -0.4 is 25.6 Å². The molecule has 3 aromatic rings. The zero-order valence-corrected chi connectivity index (χ0v) is 21.5. The molecule has 2 amide bonds. The molecule has 0 aliphatic carbocycles. The standard InChI is InChI=1S/C25H28F3N7O2S/c1-17-4-2-3-5-21(17)31-24(38)32-23(36)29-13-10-18-11-14-34(15-12-18)22-30-16-35(33-22)19-6-8-20(9-7-19)37-25(26,27)28/h2-9,16,18H,10-15H2,1H3,(H3,29,31,32,36,38). The minimum atomic E-state index is -4.73. The van der Waals surface area contributed by atoms with Gasteiger partial charge in [0.05, 0.1) is 5.69 Å². The van der Waals surface area contributed by atoms with E-state index in [1.807, 2.05) is 31.2 Å². The molecule has 202 valence electrons. The number of alkyl halides is 3. The molecule has 1 fully saturated rings. The van der Waals surface area contributed by atoms with Gasteiger partial charge in [0, 0.05) is 25.3 Å². The number of benzene rings is 2. The molecule has 0 saturated carbocycles. The van der Waals surface area contributed by atoms with E-state index in [1.54, 1.807) is 0 Å². The highest BCUT2D eigenvalue weighted by atomic mass is 32.1. The lowest BCUT2D eigenvalue weighted by atomic mass is 9.94. The number of para-hydroxylation sites is 1. The van der Waals surface area contributed by atoms with Crippen molar-refractivity contribution in [2.45, 2.75) is 32.5 Å². The number of ether oxygens (including phenoxy) is 1. The number of carbonyl (C=O) groups excluding carboxylic acids is 1. The van der Waals surface area contributed by atoms with Gasteiger partial charge in [0.2, 0.25) is 5.95 Å². The van der Waals surface area contributed by atoms with Crippen molar-refractivity contribution in [3.63, 3.8) is 0 Å². The summed E-state index contributed by atoms with van der Waals surface area (Å²) in [6.45, 7) is 4.02. The molecule has 1 saturated heterocycles. The Morgan fingerprint density at radius 2 is 1.84 bits per heavy atom. The maximum absolute atomic E-state index is 12.3. The molecule has 9 nitrogen and oxygen atoms in total. The Hall–Kier alpha value is -3.87. The third kappa shape index (κ3) is 7.81. The zero-order chi connectivity index (χ0) is 27.1. The molecule has 0 bridgehead atoms. The molecule has 1 aliphatic heterocycles. The molecule has 3 N–H and O–H groups in total. The van der Waals surface area contributed by atoms with Gasteiger partial charge < -0.3 is 20.3 Å². The first-order valence-electron chi connectivity index (χ1n) is 12.1. The molecule has 0 atom stereocenters. The summed E-state index contributed by atoms with van der Waals surface area (Å²) >= 11 is 5.22. The highest BCUT2D eigenvalue weighted by Gasteiger charge is 2.31. The van der Waals surface area contributed by atoms with Gasteiger partial charge >= 0.3 is 12.4 Å². The average Bonchev–Trinajstić information content (AvgIpc) is 3.36. The molecule has 4 rings (SSSR count). The Kier molecular flexibility index (Phi) is 8.66. The van der Waals surface area contributed by atoms with Crippen molar-refractivity contribution in [3.05, 3.63) is 60.4 Å². The summed E-state index contributed by atoms with van der Waals surface area (Å²) in [6.07, 6.45) is -0.512. The summed E-state index contributed by atoms with van der Waals surface area (Å²) in [5.74, 6) is 0.718. The van der Waals surface area contributed by atoms with Crippen LogP contribution >= 0.6 is 12.2 Å². The molecular weight excluding hydrogens is 519 g/mol. The average molecular weight is 548 g/mol. The first-order chi connectivity index (χ1) is 18.2. The van der Waals surface area contributed by atoms with E-state index >= 15 is 0 Å². The third-order valence-electron chi connectivity index (χ3n) is 6.17. The number of aryl methyl sites for hydroxylation is 1. The molecule has 1 aliphatic rings. The number of hydrogen-bond acceptors (Lipinski definition) is 6. The van der Waals surface area contributed by atoms with Crippen LogP contribution in [-0.2, 0) is 0 Å². The Bertz CT molecular complexity index is 1240. The van der Waals surface area contributed by atoms with Crippen LogP contribution in [0.15, 0.2) is 54.9 Å². The molecule has 38 heavy (non-hydrogen) atoms. The first-order valence-corrected chi connectivity index (χ1v) is 12.5. The maximum atomic E-state index is 12.3. The van der Waals surface area contributed by atoms with E-state index in [9.17, 15) is 18.0 Å². The Morgan fingerprint density at radius 1 is 1.13 bits per heavy atom. The maximum Gasteiger partial charge on any atom is 0.573 e. The summed E-state index contributed by atoms with van der Waals surface area (Å²) in [6, 6.07) is 12.8. The van der Waals surface area contributed by atoms with Crippen LogP contribution in [0.2, 0.25) is 0 Å². The smallest absolute Gasteiger partial charge is 0.406 e. The van der Waals surface area contributed by atoms with E-state index in [-0.39, 0.29) is 16.9 Å². The largest absolute Gasteiger partial charge is 0.573 e. The number of anilines is 2. The highest BCUT2D eigenvalue weighted by molar-refractivity contribution is 7.80. The van der Waals surface area contributed by atoms with Crippen LogP contribution in [0.25, 0.3) is 5.69 Å². The van der Waals surface area contributed by atoms with Crippen molar-refractivity contribution in [2.24, 2.45) is 5.92 Å². The van der Waals surface area contributed by atoms with Gasteiger partial charge in [-0.15, -0.1) is 18.3 Å². The second-order valence-corrected chi connectivity index (χ2v) is 9.31. The van der Waals surface area contributed by atoms with Crippen LogP contribution in [0.5, 0.6) is 5.75 Å². The van der Waals surface area contributed by atoms with E-state index in [1.165, 1.54) is 35.3 Å². The van der Waals surface area contributed by atoms with E-state index in [4.69, 9.17) is 12.2 Å². The number of halogens is 3. The summed E-state index contributed by atoms with van der Waals surface area (Å²) in [7, 11) is 0. The first kappa shape index (κ1) is 27.2. The van der Waals surface area contributed by atoms with Gasteiger partial charge in [0.15, 0.2) is 5.11 Å². The SMILES string of the molecule is Cc1ccccc1NC(=S)NC(=O)NCCC1CCN(c2ncn(-c3ccc(OC(F)(F)F)cc3)n2)CC1. The second-order valence-electron chi connectivity index (χ2n) is 8.90. The van der Waals surface area contributed by atoms with E-state index < -0.39 is 6.36 Å². The van der Waals surface area contributed by atoms with Crippen molar-refractivity contribution in [1.29, 1.82) is 0 Å². The summed E-state index contributed by atoms with van der Waals surface area (Å²) in [5.41, 5.74) is 2.45. The number of aromatic nitrogens is 3. The van der Waals surface area contributed by atoms with Gasteiger partial charge in [-0.25, -0.2) is 9.48 Å². The van der Waals surface area contributed by atoms with Crippen molar-refractivity contribution in [3.8, 4) is 11.4 Å². The molecule has 13 heteroatoms. The molecule has 0 unspecified atom stereocenters. The van der Waals surface area contributed by atoms with E-state index in [2.05, 4.69) is 35.7 Å². The van der Waals surface area contributed by atoms with Gasteiger partial charge in [-0.2, -0.15) is 4.98 Å². The number of nitrogens with one attached hydrogen (secondary N) is 3. The molecular formula is C25H28F3N7O2S. The number of piperidine rings is 1. The predicted molar refractivity (Wildman–Crippen MR) is 142 cm³/mol. The van der Waals surface area contributed by atoms with Gasteiger partial charge in [-0.3, -0.25) is 5.32 Å². The lowest BCUT2D eigenvalue weighted by Gasteiger charge is -2.31. The minimum Gasteiger partial charge on any atom is -0.406 e. The predicted octanol–water partition coefficient (Wildman–Crippen LogP) is 4.78. The third-order valence-corrected chi connectivity index (χ3v) is 6.37. The normalized spacial score (nSPS) is 14.2. The van der Waals surface area contributed by atoms with Crippen LogP contribution in [0, 0.1) is 12.8 Å². The molecule has 0 spiro atoms. The fourth-order valence-corrected chi connectivity index (χ4v) is 4.35. The number of urea groups is 1. The number of amides is 2. The number of rotatable bonds is 7. The summed E-state index contributed by atoms with van der Waals surface area (Å²) in [5, 5.41) is 13.2.